The van der Waals surface area contributed by atoms with E-state index in [-0.39, 0.29) is 0 Å². The Morgan fingerprint density at radius 2 is 1.02 bits per heavy atom. The molecule has 0 aliphatic heterocycles. The zero-order valence-corrected chi connectivity index (χ0v) is 24.2. The van der Waals surface area contributed by atoms with Crippen LogP contribution in [-0.4, -0.2) is 15.0 Å². The molecule has 0 aliphatic carbocycles. The van der Waals surface area contributed by atoms with Crippen molar-refractivity contribution >= 4 is 43.5 Å². The molecule has 0 amide bonds. The number of hydrogen-bond acceptors (Lipinski definition) is 4. The van der Waals surface area contributed by atoms with E-state index in [1.165, 1.54) is 5.39 Å². The fraction of sp³-hybridized carbons (Fsp3) is 0. The second kappa shape index (κ2) is 10.2. The van der Waals surface area contributed by atoms with Gasteiger partial charge in [-0.05, 0) is 56.9 Å². The van der Waals surface area contributed by atoms with Gasteiger partial charge in [-0.15, -0.1) is 0 Å². The molecule has 2 heterocycles. The zero-order valence-electron chi connectivity index (χ0n) is 24.2. The minimum absolute atomic E-state index is 0.593. The van der Waals surface area contributed by atoms with Crippen molar-refractivity contribution in [2.24, 2.45) is 0 Å². The van der Waals surface area contributed by atoms with Gasteiger partial charge in [0.2, 0.25) is 0 Å². The first kappa shape index (κ1) is 25.4. The van der Waals surface area contributed by atoms with Crippen LogP contribution < -0.4 is 0 Å². The molecule has 0 N–H and O–H groups in total. The summed E-state index contributed by atoms with van der Waals surface area (Å²) in [5.41, 5.74) is 6.60. The van der Waals surface area contributed by atoms with Crippen molar-refractivity contribution in [1.82, 2.24) is 15.0 Å². The zero-order chi connectivity index (χ0) is 29.7. The van der Waals surface area contributed by atoms with Crippen LogP contribution in [0.5, 0.6) is 0 Å². The van der Waals surface area contributed by atoms with Crippen LogP contribution in [0.3, 0.4) is 0 Å². The van der Waals surface area contributed by atoms with Gasteiger partial charge in [-0.3, -0.25) is 0 Å². The maximum atomic E-state index is 6.44. The second-order valence-electron chi connectivity index (χ2n) is 11.3. The molecule has 9 aromatic rings. The number of hydrogen-bond donors (Lipinski definition) is 0. The topological polar surface area (TPSA) is 51.8 Å². The minimum atomic E-state index is 0.593. The van der Waals surface area contributed by atoms with E-state index in [4.69, 9.17) is 19.4 Å². The lowest BCUT2D eigenvalue weighted by atomic mass is 9.96. The van der Waals surface area contributed by atoms with Crippen molar-refractivity contribution in [3.05, 3.63) is 152 Å². The monoisotopic (exact) mass is 575 g/mol. The third kappa shape index (κ3) is 4.35. The third-order valence-corrected chi connectivity index (χ3v) is 8.50. The maximum Gasteiger partial charge on any atom is 0.164 e. The molecule has 4 nitrogen and oxygen atoms in total. The smallest absolute Gasteiger partial charge is 0.164 e. The van der Waals surface area contributed by atoms with Crippen LogP contribution in [0.15, 0.2) is 156 Å². The Labute approximate surface area is 259 Å². The molecular formula is C41H25N3O. The van der Waals surface area contributed by atoms with Crippen LogP contribution in [0, 0.1) is 0 Å². The molecule has 0 fully saturated rings. The van der Waals surface area contributed by atoms with Crippen molar-refractivity contribution < 1.29 is 4.42 Å². The van der Waals surface area contributed by atoms with Crippen molar-refractivity contribution in [1.29, 1.82) is 0 Å². The molecule has 0 saturated carbocycles. The van der Waals surface area contributed by atoms with E-state index in [0.717, 1.165) is 65.9 Å². The molecule has 0 aliphatic rings. The normalized spacial score (nSPS) is 11.6. The summed E-state index contributed by atoms with van der Waals surface area (Å²) in [6.07, 6.45) is 0. The van der Waals surface area contributed by atoms with E-state index < -0.39 is 0 Å². The predicted octanol–water partition coefficient (Wildman–Crippen LogP) is 10.7. The number of furan rings is 1. The van der Waals surface area contributed by atoms with Crippen LogP contribution >= 0.6 is 0 Å². The van der Waals surface area contributed by atoms with E-state index >= 15 is 0 Å². The van der Waals surface area contributed by atoms with E-state index in [0.29, 0.717) is 17.5 Å². The molecule has 0 atom stereocenters. The van der Waals surface area contributed by atoms with E-state index in [9.17, 15) is 0 Å². The van der Waals surface area contributed by atoms with Gasteiger partial charge in [0, 0.05) is 27.5 Å². The molecule has 0 bridgehead atoms. The summed E-state index contributed by atoms with van der Waals surface area (Å²) < 4.78 is 6.44. The molecule has 9 rings (SSSR count). The number of fused-ring (bicyclic) bond motifs is 5. The minimum Gasteiger partial charge on any atom is -0.456 e. The molecule has 0 saturated heterocycles. The van der Waals surface area contributed by atoms with Gasteiger partial charge in [-0.2, -0.15) is 0 Å². The molecular weight excluding hydrogens is 550 g/mol. The van der Waals surface area contributed by atoms with Crippen LogP contribution in [0.1, 0.15) is 0 Å². The molecule has 0 spiro atoms. The highest BCUT2D eigenvalue weighted by atomic mass is 16.3. The molecule has 4 heteroatoms. The summed E-state index contributed by atoms with van der Waals surface area (Å²) in [5.74, 6) is 1.85. The van der Waals surface area contributed by atoms with Gasteiger partial charge >= 0.3 is 0 Å². The average molecular weight is 576 g/mol. The number of nitrogens with zero attached hydrogens (tertiary/aromatic N) is 3. The lowest BCUT2D eigenvalue weighted by Gasteiger charge is -2.12. The van der Waals surface area contributed by atoms with Crippen molar-refractivity contribution in [2.75, 3.05) is 0 Å². The molecule has 210 valence electrons. The third-order valence-electron chi connectivity index (χ3n) is 8.50. The van der Waals surface area contributed by atoms with Crippen LogP contribution in [0.4, 0.5) is 0 Å². The Hall–Kier alpha value is -6.13. The van der Waals surface area contributed by atoms with Crippen LogP contribution in [0.25, 0.3) is 88.8 Å². The van der Waals surface area contributed by atoms with Crippen molar-refractivity contribution in [2.45, 2.75) is 0 Å². The summed E-state index contributed by atoms with van der Waals surface area (Å²) in [6.45, 7) is 0. The van der Waals surface area contributed by atoms with Gasteiger partial charge in [0.15, 0.2) is 17.5 Å². The second-order valence-corrected chi connectivity index (χ2v) is 11.3. The fourth-order valence-electron chi connectivity index (χ4n) is 6.33. The van der Waals surface area contributed by atoms with Gasteiger partial charge in [0.05, 0.1) is 0 Å². The fourth-order valence-corrected chi connectivity index (χ4v) is 6.33. The van der Waals surface area contributed by atoms with Gasteiger partial charge in [0.1, 0.15) is 11.2 Å². The Bertz CT molecular complexity index is 2540. The Morgan fingerprint density at radius 1 is 0.356 bits per heavy atom. The quantitative estimate of drug-likeness (QED) is 0.209. The summed E-state index contributed by atoms with van der Waals surface area (Å²) >= 11 is 0. The standard InChI is InChI=1S/C41H25N3O/c1-2-12-28(13-3-1)35-24-31(25-37-38(35)34-18-8-9-20-36(34)45-37)40-42-39(30-22-21-26-11-4-5-15-29(26)23-30)43-41(44-40)33-19-10-16-27-14-6-7-17-32(27)33/h1-25H. The number of rotatable bonds is 4. The molecule has 45 heavy (non-hydrogen) atoms. The summed E-state index contributed by atoms with van der Waals surface area (Å²) in [5, 5.41) is 6.71. The van der Waals surface area contributed by atoms with E-state index in [2.05, 4.69) is 133 Å². The molecule has 0 radical (unpaired) electrons. The Morgan fingerprint density at radius 3 is 1.89 bits per heavy atom. The average Bonchev–Trinajstić information content (AvgIpc) is 3.49. The first-order valence-corrected chi connectivity index (χ1v) is 15.0. The SMILES string of the molecule is c1ccc(-c2cc(-c3nc(-c4ccc5ccccc5c4)nc(-c4cccc5ccccc45)n3)cc3oc4ccccc4c23)cc1. The lowest BCUT2D eigenvalue weighted by molar-refractivity contribution is 0.669. The van der Waals surface area contributed by atoms with Gasteiger partial charge in [-0.25, -0.2) is 15.0 Å². The predicted molar refractivity (Wildman–Crippen MR) is 184 cm³/mol. The van der Waals surface area contributed by atoms with Gasteiger partial charge < -0.3 is 4.42 Å². The highest BCUT2D eigenvalue weighted by Gasteiger charge is 2.19. The highest BCUT2D eigenvalue weighted by Crippen LogP contribution is 2.40. The first-order chi connectivity index (χ1) is 22.3. The van der Waals surface area contributed by atoms with Crippen molar-refractivity contribution in [3.63, 3.8) is 0 Å². The highest BCUT2D eigenvalue weighted by molar-refractivity contribution is 6.13. The maximum absolute atomic E-state index is 6.44. The summed E-state index contributed by atoms with van der Waals surface area (Å²) in [4.78, 5) is 15.3. The Balaban J connectivity index is 1.33. The molecule has 0 unspecified atom stereocenters. The van der Waals surface area contributed by atoms with Crippen LogP contribution in [-0.2, 0) is 0 Å². The first-order valence-electron chi connectivity index (χ1n) is 15.0. The molecule has 7 aromatic carbocycles. The van der Waals surface area contributed by atoms with Crippen molar-refractivity contribution in [3.8, 4) is 45.3 Å². The van der Waals surface area contributed by atoms with Crippen LogP contribution in [0.2, 0.25) is 0 Å². The van der Waals surface area contributed by atoms with E-state index in [1.807, 2.05) is 18.2 Å². The largest absolute Gasteiger partial charge is 0.456 e. The van der Waals surface area contributed by atoms with Gasteiger partial charge in [-0.1, -0.05) is 127 Å². The Kier molecular flexibility index (Phi) is 5.78. The lowest BCUT2D eigenvalue weighted by Crippen LogP contribution is -2.01. The number of benzene rings is 7. The number of aromatic nitrogens is 3. The summed E-state index contributed by atoms with van der Waals surface area (Å²) in [6, 6.07) is 52.2. The number of para-hydroxylation sites is 1. The van der Waals surface area contributed by atoms with E-state index in [1.54, 1.807) is 0 Å². The molecule has 2 aromatic heterocycles. The summed E-state index contributed by atoms with van der Waals surface area (Å²) in [7, 11) is 0. The van der Waals surface area contributed by atoms with Gasteiger partial charge in [0.25, 0.3) is 0 Å².